The van der Waals surface area contributed by atoms with E-state index in [0.29, 0.717) is 17.0 Å². The summed E-state index contributed by atoms with van der Waals surface area (Å²) in [6.07, 6.45) is 4.98. The summed E-state index contributed by atoms with van der Waals surface area (Å²) in [4.78, 5) is 4.07. The van der Waals surface area contributed by atoms with Gasteiger partial charge < -0.3 is 9.84 Å². The molecule has 0 spiro atoms. The van der Waals surface area contributed by atoms with Gasteiger partial charge in [-0.1, -0.05) is 5.21 Å². The van der Waals surface area contributed by atoms with Crippen LogP contribution in [-0.2, 0) is 6.61 Å². The first-order valence-electron chi connectivity index (χ1n) is 6.06. The molecule has 7 heteroatoms. The second-order valence-corrected chi connectivity index (χ2v) is 5.23. The van der Waals surface area contributed by atoms with E-state index in [0.717, 1.165) is 18.5 Å². The van der Waals surface area contributed by atoms with Gasteiger partial charge in [0.1, 0.15) is 16.9 Å². The maximum Gasteiger partial charge on any atom is 0.152 e. The molecule has 0 bridgehead atoms. The van der Waals surface area contributed by atoms with E-state index in [9.17, 15) is 5.11 Å². The van der Waals surface area contributed by atoms with Gasteiger partial charge in [-0.15, -0.1) is 5.10 Å². The molecule has 1 aliphatic carbocycles. The van der Waals surface area contributed by atoms with Crippen molar-refractivity contribution in [1.29, 1.82) is 0 Å². The second kappa shape index (κ2) is 5.26. The van der Waals surface area contributed by atoms with Crippen molar-refractivity contribution < 1.29 is 9.84 Å². The summed E-state index contributed by atoms with van der Waals surface area (Å²) in [6, 6.07) is 3.70. The van der Waals surface area contributed by atoms with Crippen LogP contribution in [-0.4, -0.2) is 31.2 Å². The van der Waals surface area contributed by atoms with Gasteiger partial charge in [-0.25, -0.2) is 9.67 Å². The van der Waals surface area contributed by atoms with Crippen molar-refractivity contribution >= 4 is 15.9 Å². The highest BCUT2D eigenvalue weighted by Crippen LogP contribution is 2.31. The minimum absolute atomic E-state index is 0.0615. The molecule has 1 N–H and O–H groups in total. The Kier molecular flexibility index (Phi) is 3.48. The van der Waals surface area contributed by atoms with Crippen LogP contribution >= 0.6 is 15.9 Å². The zero-order valence-electron chi connectivity index (χ0n) is 10.1. The fourth-order valence-corrected chi connectivity index (χ4v) is 2.31. The number of rotatable bonds is 4. The van der Waals surface area contributed by atoms with Crippen molar-refractivity contribution in [3.63, 3.8) is 0 Å². The minimum Gasteiger partial charge on any atom is -0.484 e. The molecule has 19 heavy (non-hydrogen) atoms. The highest BCUT2D eigenvalue weighted by molar-refractivity contribution is 9.10. The Morgan fingerprint density at radius 3 is 3.05 bits per heavy atom. The molecule has 0 aromatic carbocycles. The Hall–Kier alpha value is -1.47. The van der Waals surface area contributed by atoms with Crippen molar-refractivity contribution in [2.45, 2.75) is 31.6 Å². The quantitative estimate of drug-likeness (QED) is 0.867. The first-order chi connectivity index (χ1) is 9.24. The van der Waals surface area contributed by atoms with E-state index in [1.54, 1.807) is 10.9 Å². The van der Waals surface area contributed by atoms with E-state index in [1.807, 2.05) is 18.3 Å². The Morgan fingerprint density at radius 2 is 2.37 bits per heavy atom. The lowest BCUT2D eigenvalue weighted by Crippen LogP contribution is -2.34. The molecule has 3 rings (SSSR count). The molecule has 1 saturated carbocycles. The van der Waals surface area contributed by atoms with Gasteiger partial charge in [-0.05, 0) is 40.9 Å². The van der Waals surface area contributed by atoms with Crippen LogP contribution in [0.1, 0.15) is 24.6 Å². The summed E-state index contributed by atoms with van der Waals surface area (Å²) in [5.41, 5.74) is 0.731. The smallest absolute Gasteiger partial charge is 0.152 e. The molecule has 2 heterocycles. The molecule has 100 valence electrons. The number of pyridine rings is 1. The van der Waals surface area contributed by atoms with Crippen LogP contribution in [0.2, 0.25) is 0 Å². The van der Waals surface area contributed by atoms with Crippen LogP contribution in [0.15, 0.2) is 29.1 Å². The van der Waals surface area contributed by atoms with Crippen LogP contribution in [0, 0.1) is 0 Å². The van der Waals surface area contributed by atoms with Gasteiger partial charge in [-0.3, -0.25) is 0 Å². The van der Waals surface area contributed by atoms with Crippen LogP contribution in [0.4, 0.5) is 0 Å². The van der Waals surface area contributed by atoms with Crippen LogP contribution in [0.5, 0.6) is 5.75 Å². The van der Waals surface area contributed by atoms with E-state index < -0.39 is 0 Å². The molecule has 0 amide bonds. The fraction of sp³-hybridized carbons (Fsp3) is 0.417. The number of halogens is 1. The predicted octanol–water partition coefficient (Wildman–Crippen LogP) is 1.71. The third-order valence-electron chi connectivity index (χ3n) is 3.20. The molecule has 6 nitrogen and oxygen atoms in total. The number of aliphatic hydroxyl groups is 1. The average molecular weight is 325 g/mol. The molecule has 2 aromatic rings. The first kappa shape index (κ1) is 12.6. The predicted molar refractivity (Wildman–Crippen MR) is 70.6 cm³/mol. The second-order valence-electron chi connectivity index (χ2n) is 4.48. The third-order valence-corrected chi connectivity index (χ3v) is 3.80. The van der Waals surface area contributed by atoms with Gasteiger partial charge in [0, 0.05) is 6.20 Å². The fourth-order valence-electron chi connectivity index (χ4n) is 1.95. The Balaban J connectivity index is 1.63. The van der Waals surface area contributed by atoms with Gasteiger partial charge in [0.25, 0.3) is 0 Å². The minimum atomic E-state index is -0.303. The Bertz CT molecular complexity index is 574. The highest BCUT2D eigenvalue weighted by atomic mass is 79.9. The van der Waals surface area contributed by atoms with E-state index >= 15 is 0 Å². The van der Waals surface area contributed by atoms with Crippen molar-refractivity contribution in [3.8, 4) is 5.75 Å². The largest absolute Gasteiger partial charge is 0.484 e. The molecule has 0 aliphatic heterocycles. The van der Waals surface area contributed by atoms with Gasteiger partial charge in [0.05, 0.1) is 18.3 Å². The highest BCUT2D eigenvalue weighted by Gasteiger charge is 2.31. The Labute approximate surface area is 118 Å². The summed E-state index contributed by atoms with van der Waals surface area (Å²) >= 11 is 3.32. The van der Waals surface area contributed by atoms with Crippen molar-refractivity contribution in [2.24, 2.45) is 0 Å². The number of hydrogen-bond donors (Lipinski definition) is 1. The topological polar surface area (TPSA) is 73.1 Å². The van der Waals surface area contributed by atoms with Crippen molar-refractivity contribution in [3.05, 3.63) is 34.8 Å². The van der Waals surface area contributed by atoms with Crippen molar-refractivity contribution in [2.75, 3.05) is 0 Å². The zero-order valence-corrected chi connectivity index (χ0v) is 11.7. The standard InChI is InChI=1S/C12H13BrN4O2/c13-12-11(2-1-5-14-12)19-7-8-6-17(16-15-8)9-3-4-10(9)18/h1-2,5-6,9-10,18H,3-4,7H2/t9-,10-/m1/s1. The summed E-state index contributed by atoms with van der Waals surface area (Å²) in [5.74, 6) is 0.667. The van der Waals surface area contributed by atoms with E-state index in [2.05, 4.69) is 31.2 Å². The molecular weight excluding hydrogens is 312 g/mol. The summed E-state index contributed by atoms with van der Waals surface area (Å²) in [6.45, 7) is 0.326. The van der Waals surface area contributed by atoms with Crippen LogP contribution < -0.4 is 4.74 Å². The number of hydrogen-bond acceptors (Lipinski definition) is 5. The lowest BCUT2D eigenvalue weighted by Gasteiger charge is -2.31. The SMILES string of the molecule is O[C@@H]1CC[C@H]1n1cc(COc2cccnc2Br)nn1. The zero-order chi connectivity index (χ0) is 13.2. The van der Waals surface area contributed by atoms with Gasteiger partial charge >= 0.3 is 0 Å². The number of aliphatic hydroxyl groups excluding tert-OH is 1. The molecule has 1 fully saturated rings. The third kappa shape index (κ3) is 2.62. The Morgan fingerprint density at radius 1 is 1.47 bits per heavy atom. The molecule has 0 unspecified atom stereocenters. The van der Waals surface area contributed by atoms with Crippen LogP contribution in [0.3, 0.4) is 0 Å². The monoisotopic (exact) mass is 324 g/mol. The van der Waals surface area contributed by atoms with E-state index in [-0.39, 0.29) is 12.1 Å². The molecule has 2 aromatic heterocycles. The first-order valence-corrected chi connectivity index (χ1v) is 6.85. The number of nitrogens with zero attached hydrogens (tertiary/aromatic N) is 4. The molecular formula is C12H13BrN4O2. The van der Waals surface area contributed by atoms with Crippen molar-refractivity contribution in [1.82, 2.24) is 20.0 Å². The molecule has 1 aliphatic rings. The average Bonchev–Trinajstić information content (AvgIpc) is 2.84. The van der Waals surface area contributed by atoms with Gasteiger partial charge in [0.2, 0.25) is 0 Å². The van der Waals surface area contributed by atoms with Gasteiger partial charge in [-0.2, -0.15) is 0 Å². The summed E-state index contributed by atoms with van der Waals surface area (Å²) in [7, 11) is 0. The maximum absolute atomic E-state index is 9.58. The van der Waals surface area contributed by atoms with Crippen LogP contribution in [0.25, 0.3) is 0 Å². The normalized spacial score (nSPS) is 22.0. The summed E-state index contributed by atoms with van der Waals surface area (Å²) in [5, 5.41) is 17.6. The maximum atomic E-state index is 9.58. The number of ether oxygens (including phenoxy) is 1. The molecule has 0 radical (unpaired) electrons. The molecule has 2 atom stereocenters. The lowest BCUT2D eigenvalue weighted by atomic mass is 9.89. The van der Waals surface area contributed by atoms with E-state index in [4.69, 9.17) is 4.74 Å². The lowest BCUT2D eigenvalue weighted by molar-refractivity contribution is 0.0244. The summed E-state index contributed by atoms with van der Waals surface area (Å²) < 4.78 is 7.98. The van der Waals surface area contributed by atoms with E-state index in [1.165, 1.54) is 0 Å². The van der Waals surface area contributed by atoms with Gasteiger partial charge in [0.15, 0.2) is 5.75 Å². The number of aromatic nitrogens is 4. The molecule has 0 saturated heterocycles.